The number of alkyl halides is 3. The zero-order chi connectivity index (χ0) is 14.0. The number of aliphatic hydroxyl groups is 1. The van der Waals surface area contributed by atoms with Crippen LogP contribution in [-0.2, 0) is 6.18 Å². The molecule has 1 fully saturated rings. The van der Waals surface area contributed by atoms with Gasteiger partial charge in [0.05, 0.1) is 18.2 Å². The van der Waals surface area contributed by atoms with Crippen molar-refractivity contribution in [3.8, 4) is 0 Å². The van der Waals surface area contributed by atoms with Crippen molar-refractivity contribution in [1.82, 2.24) is 4.90 Å². The van der Waals surface area contributed by atoms with Crippen molar-refractivity contribution in [3.63, 3.8) is 0 Å². The van der Waals surface area contributed by atoms with Gasteiger partial charge in [-0.15, -0.1) is 0 Å². The van der Waals surface area contributed by atoms with Gasteiger partial charge in [0.1, 0.15) is 0 Å². The zero-order valence-electron chi connectivity index (χ0n) is 10.2. The van der Waals surface area contributed by atoms with E-state index in [1.807, 2.05) is 0 Å². The zero-order valence-corrected chi connectivity index (χ0v) is 10.2. The SMILES string of the molecule is O=C(c1ccc(C(F)(F)F)cc1)N1CCCC1CO. The van der Waals surface area contributed by atoms with Crippen LogP contribution in [-0.4, -0.2) is 35.1 Å². The van der Waals surface area contributed by atoms with Crippen LogP contribution in [0.2, 0.25) is 0 Å². The van der Waals surface area contributed by atoms with Crippen LogP contribution in [0.1, 0.15) is 28.8 Å². The molecule has 1 aliphatic heterocycles. The van der Waals surface area contributed by atoms with Crippen LogP contribution in [0.5, 0.6) is 0 Å². The van der Waals surface area contributed by atoms with Gasteiger partial charge in [0.2, 0.25) is 0 Å². The summed E-state index contributed by atoms with van der Waals surface area (Å²) >= 11 is 0. The first-order valence-corrected chi connectivity index (χ1v) is 6.02. The molecule has 1 aromatic rings. The highest BCUT2D eigenvalue weighted by atomic mass is 19.4. The largest absolute Gasteiger partial charge is 0.416 e. The number of aliphatic hydroxyl groups excluding tert-OH is 1. The normalized spacial score (nSPS) is 19.8. The van der Waals surface area contributed by atoms with Gasteiger partial charge in [-0.05, 0) is 37.1 Å². The number of benzene rings is 1. The summed E-state index contributed by atoms with van der Waals surface area (Å²) in [4.78, 5) is 13.6. The fourth-order valence-electron chi connectivity index (χ4n) is 2.26. The molecule has 0 bridgehead atoms. The van der Waals surface area contributed by atoms with Crippen molar-refractivity contribution in [2.75, 3.05) is 13.2 Å². The Morgan fingerprint density at radius 1 is 1.32 bits per heavy atom. The number of rotatable bonds is 2. The molecule has 3 nitrogen and oxygen atoms in total. The number of halogens is 3. The molecule has 1 unspecified atom stereocenters. The molecule has 1 aliphatic rings. The maximum absolute atomic E-state index is 12.4. The van der Waals surface area contributed by atoms with Gasteiger partial charge in [0.25, 0.3) is 5.91 Å². The molecule has 1 N–H and O–H groups in total. The van der Waals surface area contributed by atoms with E-state index in [4.69, 9.17) is 5.11 Å². The van der Waals surface area contributed by atoms with Crippen LogP contribution in [0.4, 0.5) is 13.2 Å². The molecule has 0 spiro atoms. The van der Waals surface area contributed by atoms with Crippen LogP contribution in [0.15, 0.2) is 24.3 Å². The number of carbonyl (C=O) groups is 1. The Labute approximate surface area is 108 Å². The minimum absolute atomic E-state index is 0.119. The van der Waals surface area contributed by atoms with Gasteiger partial charge in [-0.1, -0.05) is 0 Å². The minimum atomic E-state index is -4.40. The summed E-state index contributed by atoms with van der Waals surface area (Å²) < 4.78 is 37.2. The van der Waals surface area contributed by atoms with E-state index in [0.29, 0.717) is 6.54 Å². The standard InChI is InChI=1S/C13H14F3NO2/c14-13(15,16)10-5-3-9(4-6-10)12(19)17-7-1-2-11(17)8-18/h3-6,11,18H,1-2,7-8H2. The molecule has 1 aromatic carbocycles. The molecule has 0 aliphatic carbocycles. The molecule has 1 saturated heterocycles. The van der Waals surface area contributed by atoms with Crippen LogP contribution < -0.4 is 0 Å². The molecule has 19 heavy (non-hydrogen) atoms. The average molecular weight is 273 g/mol. The van der Waals surface area contributed by atoms with Gasteiger partial charge >= 0.3 is 6.18 Å². The average Bonchev–Trinajstić information content (AvgIpc) is 2.85. The molecule has 6 heteroatoms. The molecule has 0 saturated carbocycles. The van der Waals surface area contributed by atoms with Gasteiger partial charge in [-0.3, -0.25) is 4.79 Å². The highest BCUT2D eigenvalue weighted by molar-refractivity contribution is 5.94. The van der Waals surface area contributed by atoms with E-state index in [9.17, 15) is 18.0 Å². The molecule has 1 amide bonds. The number of hydrogen-bond donors (Lipinski definition) is 1. The number of hydrogen-bond acceptors (Lipinski definition) is 2. The Morgan fingerprint density at radius 3 is 2.47 bits per heavy atom. The van der Waals surface area contributed by atoms with Crippen molar-refractivity contribution < 1.29 is 23.1 Å². The van der Waals surface area contributed by atoms with Crippen molar-refractivity contribution in [2.45, 2.75) is 25.1 Å². The smallest absolute Gasteiger partial charge is 0.394 e. The third-order valence-corrected chi connectivity index (χ3v) is 3.31. The number of amides is 1. The van der Waals surface area contributed by atoms with Crippen molar-refractivity contribution in [2.24, 2.45) is 0 Å². The Balaban J connectivity index is 2.16. The van der Waals surface area contributed by atoms with E-state index >= 15 is 0 Å². The molecule has 2 rings (SSSR count). The highest BCUT2D eigenvalue weighted by Crippen LogP contribution is 2.29. The monoisotopic (exact) mass is 273 g/mol. The quantitative estimate of drug-likeness (QED) is 0.898. The lowest BCUT2D eigenvalue weighted by atomic mass is 10.1. The first-order valence-electron chi connectivity index (χ1n) is 6.02. The predicted octanol–water partition coefficient (Wildman–Crippen LogP) is 2.30. The lowest BCUT2D eigenvalue weighted by molar-refractivity contribution is -0.137. The first kappa shape index (κ1) is 13.9. The Bertz CT molecular complexity index is 456. The Kier molecular flexibility index (Phi) is 3.80. The summed E-state index contributed by atoms with van der Waals surface area (Å²) in [6.07, 6.45) is -2.87. The van der Waals surface area contributed by atoms with Gasteiger partial charge < -0.3 is 10.0 Å². The van der Waals surface area contributed by atoms with Crippen LogP contribution in [0, 0.1) is 0 Å². The number of nitrogens with zero attached hydrogens (tertiary/aromatic N) is 1. The fourth-order valence-corrected chi connectivity index (χ4v) is 2.26. The molecule has 1 atom stereocenters. The van der Waals surface area contributed by atoms with Crippen molar-refractivity contribution in [3.05, 3.63) is 35.4 Å². The van der Waals surface area contributed by atoms with Gasteiger partial charge in [-0.2, -0.15) is 13.2 Å². The summed E-state index contributed by atoms with van der Waals surface area (Å²) in [6, 6.07) is 3.93. The summed E-state index contributed by atoms with van der Waals surface area (Å²) in [5.74, 6) is -0.328. The summed E-state index contributed by atoms with van der Waals surface area (Å²) in [5.41, 5.74) is -0.558. The lowest BCUT2D eigenvalue weighted by Gasteiger charge is -2.23. The second-order valence-electron chi connectivity index (χ2n) is 4.55. The molecule has 1 heterocycles. The second-order valence-corrected chi connectivity index (χ2v) is 4.55. The molecule has 0 radical (unpaired) electrons. The third-order valence-electron chi connectivity index (χ3n) is 3.31. The fraction of sp³-hybridized carbons (Fsp3) is 0.462. The van der Waals surface area contributed by atoms with Crippen LogP contribution in [0.25, 0.3) is 0 Å². The van der Waals surface area contributed by atoms with Crippen LogP contribution >= 0.6 is 0 Å². The summed E-state index contributed by atoms with van der Waals surface area (Å²) in [7, 11) is 0. The topological polar surface area (TPSA) is 40.5 Å². The van der Waals surface area contributed by atoms with Crippen molar-refractivity contribution >= 4 is 5.91 Å². The van der Waals surface area contributed by atoms with Crippen molar-refractivity contribution in [1.29, 1.82) is 0 Å². The molecular formula is C13H14F3NO2. The van der Waals surface area contributed by atoms with E-state index in [-0.39, 0.29) is 24.1 Å². The first-order chi connectivity index (χ1) is 8.93. The van der Waals surface area contributed by atoms with E-state index in [1.54, 1.807) is 0 Å². The van der Waals surface area contributed by atoms with Gasteiger partial charge in [0.15, 0.2) is 0 Å². The number of carbonyl (C=O) groups excluding carboxylic acids is 1. The van der Waals surface area contributed by atoms with E-state index in [2.05, 4.69) is 0 Å². The van der Waals surface area contributed by atoms with Gasteiger partial charge in [-0.25, -0.2) is 0 Å². The number of likely N-dealkylation sites (tertiary alicyclic amines) is 1. The molecular weight excluding hydrogens is 259 g/mol. The van der Waals surface area contributed by atoms with Gasteiger partial charge in [0, 0.05) is 12.1 Å². The highest BCUT2D eigenvalue weighted by Gasteiger charge is 2.32. The third kappa shape index (κ3) is 2.89. The van der Waals surface area contributed by atoms with Crippen LogP contribution in [0.3, 0.4) is 0 Å². The second kappa shape index (κ2) is 5.21. The summed E-state index contributed by atoms with van der Waals surface area (Å²) in [6.45, 7) is 0.414. The maximum atomic E-state index is 12.4. The predicted molar refractivity (Wildman–Crippen MR) is 62.6 cm³/mol. The Hall–Kier alpha value is -1.56. The van der Waals surface area contributed by atoms with E-state index < -0.39 is 11.7 Å². The summed E-state index contributed by atoms with van der Waals surface area (Å²) in [5, 5.41) is 9.14. The lowest BCUT2D eigenvalue weighted by Crippen LogP contribution is -2.37. The molecule has 0 aromatic heterocycles. The minimum Gasteiger partial charge on any atom is -0.394 e. The van der Waals surface area contributed by atoms with E-state index in [1.165, 1.54) is 17.0 Å². The Morgan fingerprint density at radius 2 is 1.95 bits per heavy atom. The van der Waals surface area contributed by atoms with E-state index in [0.717, 1.165) is 25.0 Å². The maximum Gasteiger partial charge on any atom is 0.416 e. The molecule has 104 valence electrons.